The van der Waals surface area contributed by atoms with Crippen molar-refractivity contribution in [3.63, 3.8) is 0 Å². The Morgan fingerprint density at radius 1 is 1.17 bits per heavy atom. The van der Waals surface area contributed by atoms with Crippen molar-refractivity contribution in [2.75, 3.05) is 0 Å². The molecule has 0 fully saturated rings. The molecule has 0 heterocycles. The first-order valence-corrected chi connectivity index (χ1v) is 4.30. The van der Waals surface area contributed by atoms with Gasteiger partial charge in [0.25, 0.3) is 0 Å². The Kier molecular flexibility index (Phi) is 1.83. The monoisotopic (exact) mass is 156 g/mol. The van der Waals surface area contributed by atoms with E-state index in [1.165, 1.54) is 16.0 Å². The molecule has 1 aliphatic carbocycles. The van der Waals surface area contributed by atoms with Crippen LogP contribution in [-0.2, 0) is 0 Å². The van der Waals surface area contributed by atoms with Crippen LogP contribution in [0.1, 0.15) is 12.0 Å². The first-order chi connectivity index (χ1) is 5.86. The van der Waals surface area contributed by atoms with Crippen LogP contribution in [0.5, 0.6) is 0 Å². The highest BCUT2D eigenvalue weighted by Gasteiger charge is 1.88. The molecule has 60 valence electrons. The zero-order valence-corrected chi connectivity index (χ0v) is 7.25. The molecule has 1 aliphatic rings. The predicted octanol–water partition coefficient (Wildman–Crippen LogP) is 1.52. The molecule has 0 atom stereocenters. The molecule has 0 aromatic heterocycles. The summed E-state index contributed by atoms with van der Waals surface area (Å²) < 4.78 is 0. The molecule has 0 bridgehead atoms. The minimum Gasteiger partial charge on any atom is -0.0807 e. The Bertz CT molecular complexity index is 422. The standard InChI is InChI=1S/C12H12/c1-10-7-8-11-5-3-2-4-6-12(11)9-10/h2,4-9H,3H2,1H3. The molecule has 1 aromatic rings. The van der Waals surface area contributed by atoms with E-state index in [0.29, 0.717) is 0 Å². The third-order valence-corrected chi connectivity index (χ3v) is 2.13. The zero-order valence-electron chi connectivity index (χ0n) is 7.25. The molecule has 0 amide bonds. The van der Waals surface area contributed by atoms with Gasteiger partial charge in [-0.3, -0.25) is 0 Å². The van der Waals surface area contributed by atoms with Gasteiger partial charge < -0.3 is 0 Å². The predicted molar refractivity (Wildman–Crippen MR) is 53.1 cm³/mol. The largest absolute Gasteiger partial charge is 0.0807 e. The number of hydrogen-bond donors (Lipinski definition) is 0. The molecule has 0 nitrogen and oxygen atoms in total. The Balaban J connectivity index is 2.79. The van der Waals surface area contributed by atoms with E-state index in [1.54, 1.807) is 0 Å². The van der Waals surface area contributed by atoms with E-state index in [1.807, 2.05) is 0 Å². The van der Waals surface area contributed by atoms with Gasteiger partial charge in [-0.2, -0.15) is 0 Å². The van der Waals surface area contributed by atoms with Crippen LogP contribution in [-0.4, -0.2) is 0 Å². The lowest BCUT2D eigenvalue weighted by Gasteiger charge is -1.91. The van der Waals surface area contributed by atoms with Crippen LogP contribution >= 0.6 is 0 Å². The summed E-state index contributed by atoms with van der Waals surface area (Å²) in [4.78, 5) is 0. The van der Waals surface area contributed by atoms with Gasteiger partial charge in [0.05, 0.1) is 0 Å². The van der Waals surface area contributed by atoms with Gasteiger partial charge in [0.2, 0.25) is 0 Å². The van der Waals surface area contributed by atoms with E-state index in [-0.39, 0.29) is 0 Å². The summed E-state index contributed by atoms with van der Waals surface area (Å²) >= 11 is 0. The highest BCUT2D eigenvalue weighted by atomic mass is 13.9. The zero-order chi connectivity index (χ0) is 8.39. The van der Waals surface area contributed by atoms with E-state index in [9.17, 15) is 0 Å². The molecule has 0 heteroatoms. The van der Waals surface area contributed by atoms with E-state index in [2.05, 4.69) is 49.4 Å². The van der Waals surface area contributed by atoms with Crippen molar-refractivity contribution in [2.24, 2.45) is 0 Å². The van der Waals surface area contributed by atoms with E-state index in [4.69, 9.17) is 0 Å². The van der Waals surface area contributed by atoms with Gasteiger partial charge in [-0.25, -0.2) is 0 Å². The van der Waals surface area contributed by atoms with Gasteiger partial charge >= 0.3 is 0 Å². The first kappa shape index (κ1) is 7.35. The first-order valence-electron chi connectivity index (χ1n) is 4.30. The van der Waals surface area contributed by atoms with Gasteiger partial charge in [-0.15, -0.1) is 0 Å². The average molecular weight is 156 g/mol. The molecular weight excluding hydrogens is 144 g/mol. The lowest BCUT2D eigenvalue weighted by atomic mass is 10.1. The van der Waals surface area contributed by atoms with Crippen molar-refractivity contribution in [1.82, 2.24) is 0 Å². The number of hydrogen-bond acceptors (Lipinski definition) is 0. The summed E-state index contributed by atoms with van der Waals surface area (Å²) in [5, 5.41) is 2.69. The SMILES string of the molecule is Cc1ccc2c(c1)=CC=CCC=2. The van der Waals surface area contributed by atoms with Gasteiger partial charge in [-0.05, 0) is 23.8 Å². The lowest BCUT2D eigenvalue weighted by Crippen LogP contribution is -2.23. The Hall–Kier alpha value is -1.30. The molecule has 0 radical (unpaired) electrons. The highest BCUT2D eigenvalue weighted by molar-refractivity contribution is 5.44. The number of allylic oxidation sites excluding steroid dienone is 2. The van der Waals surface area contributed by atoms with Crippen LogP contribution in [0.25, 0.3) is 12.2 Å². The van der Waals surface area contributed by atoms with Crippen LogP contribution in [0.15, 0.2) is 30.4 Å². The molecule has 0 aliphatic heterocycles. The highest BCUT2D eigenvalue weighted by Crippen LogP contribution is 1.91. The summed E-state index contributed by atoms with van der Waals surface area (Å²) in [6.45, 7) is 2.13. The minimum absolute atomic E-state index is 1.05. The molecule has 12 heavy (non-hydrogen) atoms. The van der Waals surface area contributed by atoms with Crippen molar-refractivity contribution >= 4 is 12.2 Å². The number of aryl methyl sites for hydroxylation is 1. The smallest absolute Gasteiger partial charge is 0.0157 e. The van der Waals surface area contributed by atoms with Crippen LogP contribution in [0.4, 0.5) is 0 Å². The van der Waals surface area contributed by atoms with Crippen molar-refractivity contribution in [3.8, 4) is 0 Å². The maximum Gasteiger partial charge on any atom is -0.0157 e. The van der Waals surface area contributed by atoms with E-state index >= 15 is 0 Å². The number of fused-ring (bicyclic) bond motifs is 1. The fourth-order valence-electron chi connectivity index (χ4n) is 1.47. The molecule has 1 aromatic carbocycles. The topological polar surface area (TPSA) is 0 Å². The summed E-state index contributed by atoms with van der Waals surface area (Å²) in [6.07, 6.45) is 9.78. The summed E-state index contributed by atoms with van der Waals surface area (Å²) in [7, 11) is 0. The van der Waals surface area contributed by atoms with Gasteiger partial charge in [0.1, 0.15) is 0 Å². The maximum absolute atomic E-state index is 2.26. The fourth-order valence-corrected chi connectivity index (χ4v) is 1.47. The van der Waals surface area contributed by atoms with Gasteiger partial charge in [0.15, 0.2) is 0 Å². The Morgan fingerprint density at radius 3 is 3.00 bits per heavy atom. The second kappa shape index (κ2) is 2.98. The fraction of sp³-hybridized carbons (Fsp3) is 0.167. The maximum atomic E-state index is 2.26. The summed E-state index contributed by atoms with van der Waals surface area (Å²) in [5.74, 6) is 0. The average Bonchev–Trinajstić information content (AvgIpc) is 2.28. The molecule has 0 saturated carbocycles. The molecule has 0 spiro atoms. The Labute approximate surface area is 72.5 Å². The minimum atomic E-state index is 1.05. The normalized spacial score (nSPS) is 14.1. The number of rotatable bonds is 0. The second-order valence-corrected chi connectivity index (χ2v) is 3.17. The third kappa shape index (κ3) is 1.33. The van der Waals surface area contributed by atoms with Crippen molar-refractivity contribution in [2.45, 2.75) is 13.3 Å². The molecule has 2 rings (SSSR count). The summed E-state index contributed by atoms with van der Waals surface area (Å²) in [5.41, 5.74) is 1.33. The summed E-state index contributed by atoms with van der Waals surface area (Å²) in [6, 6.07) is 6.57. The van der Waals surface area contributed by atoms with E-state index in [0.717, 1.165) is 6.42 Å². The molecule has 0 N–H and O–H groups in total. The van der Waals surface area contributed by atoms with Crippen molar-refractivity contribution in [1.29, 1.82) is 0 Å². The van der Waals surface area contributed by atoms with Gasteiger partial charge in [-0.1, -0.05) is 48.1 Å². The quantitative estimate of drug-likeness (QED) is 0.534. The Morgan fingerprint density at radius 2 is 2.08 bits per heavy atom. The van der Waals surface area contributed by atoms with E-state index < -0.39 is 0 Å². The molecule has 0 unspecified atom stereocenters. The van der Waals surface area contributed by atoms with Gasteiger partial charge in [0, 0.05) is 0 Å². The lowest BCUT2D eigenvalue weighted by molar-refractivity contribution is 1.39. The van der Waals surface area contributed by atoms with Crippen LogP contribution in [0.2, 0.25) is 0 Å². The van der Waals surface area contributed by atoms with Crippen LogP contribution in [0, 0.1) is 6.92 Å². The van der Waals surface area contributed by atoms with Crippen LogP contribution in [0.3, 0.4) is 0 Å². The molecular formula is C12H12. The third-order valence-electron chi connectivity index (χ3n) is 2.13. The van der Waals surface area contributed by atoms with Crippen molar-refractivity contribution < 1.29 is 0 Å². The van der Waals surface area contributed by atoms with Crippen LogP contribution < -0.4 is 10.4 Å². The molecule has 0 saturated heterocycles. The second-order valence-electron chi connectivity index (χ2n) is 3.17. The van der Waals surface area contributed by atoms with Crippen molar-refractivity contribution in [3.05, 3.63) is 46.4 Å². The number of benzene rings is 1.